The van der Waals surface area contributed by atoms with Gasteiger partial charge in [-0.3, -0.25) is 9.59 Å². The first-order valence-corrected chi connectivity index (χ1v) is 7.71. The summed E-state index contributed by atoms with van der Waals surface area (Å²) >= 11 is 0. The molecule has 7 nitrogen and oxygen atoms in total. The van der Waals surface area contributed by atoms with E-state index in [0.29, 0.717) is 37.5 Å². The molecule has 1 aliphatic rings. The molecule has 1 aromatic rings. The van der Waals surface area contributed by atoms with Crippen molar-refractivity contribution in [1.29, 1.82) is 0 Å². The molecule has 1 saturated carbocycles. The van der Waals surface area contributed by atoms with E-state index in [2.05, 4.69) is 15.5 Å². The molecule has 1 fully saturated rings. The summed E-state index contributed by atoms with van der Waals surface area (Å²) in [6, 6.07) is 0. The van der Waals surface area contributed by atoms with Gasteiger partial charge in [0.2, 0.25) is 11.8 Å². The van der Waals surface area contributed by atoms with Crippen molar-refractivity contribution in [3.63, 3.8) is 0 Å². The van der Waals surface area contributed by atoms with Gasteiger partial charge in [-0.1, -0.05) is 5.16 Å². The molecule has 0 unspecified atom stereocenters. The Kier molecular flexibility index (Phi) is 5.15. The summed E-state index contributed by atoms with van der Waals surface area (Å²) in [4.78, 5) is 26.8. The predicted molar refractivity (Wildman–Crippen MR) is 78.3 cm³/mol. The van der Waals surface area contributed by atoms with Gasteiger partial charge >= 0.3 is 5.97 Å². The highest BCUT2D eigenvalue weighted by molar-refractivity contribution is 5.76. The number of nitrogens with zero attached hydrogens (tertiary/aromatic N) is 2. The van der Waals surface area contributed by atoms with E-state index in [9.17, 15) is 9.59 Å². The number of carboxylic acids is 1. The number of hydrogen-bond acceptors (Lipinski definition) is 5. The van der Waals surface area contributed by atoms with Gasteiger partial charge in [-0.2, -0.15) is 4.98 Å². The zero-order chi connectivity index (χ0) is 16.2. The Balaban J connectivity index is 1.67. The van der Waals surface area contributed by atoms with Gasteiger partial charge in [-0.15, -0.1) is 0 Å². The van der Waals surface area contributed by atoms with E-state index < -0.39 is 11.5 Å². The number of aryl methyl sites for hydroxylation is 1. The van der Waals surface area contributed by atoms with Gasteiger partial charge in [-0.25, -0.2) is 0 Å². The monoisotopic (exact) mass is 309 g/mol. The van der Waals surface area contributed by atoms with Crippen LogP contribution in [-0.4, -0.2) is 32.7 Å². The Hall–Kier alpha value is -1.92. The zero-order valence-corrected chi connectivity index (χ0v) is 13.1. The zero-order valence-electron chi connectivity index (χ0n) is 13.1. The third-order valence-electron chi connectivity index (χ3n) is 3.66. The van der Waals surface area contributed by atoms with Crippen molar-refractivity contribution >= 4 is 11.9 Å². The second-order valence-electron chi connectivity index (χ2n) is 6.50. The predicted octanol–water partition coefficient (Wildman–Crippen LogP) is 2.03. The fourth-order valence-electron chi connectivity index (χ4n) is 2.20. The minimum Gasteiger partial charge on any atom is -0.481 e. The number of carboxylic acid groups (broad SMARTS) is 1. The third kappa shape index (κ3) is 5.46. The molecule has 0 radical (unpaired) electrons. The van der Waals surface area contributed by atoms with E-state index in [-0.39, 0.29) is 12.3 Å². The molecule has 2 rings (SSSR count). The second-order valence-corrected chi connectivity index (χ2v) is 6.50. The standard InChI is InChI=1S/C15H23N3O4/c1-15(2,9-8-13(20)21)17-11(19)4-3-5-12-16-14(18-22-12)10-6-7-10/h10H,3-9H2,1-2H3,(H,17,19)(H,20,21). The van der Waals surface area contributed by atoms with Crippen LogP contribution in [0.2, 0.25) is 0 Å². The smallest absolute Gasteiger partial charge is 0.303 e. The van der Waals surface area contributed by atoms with Gasteiger partial charge in [0, 0.05) is 30.7 Å². The Labute approximate surface area is 129 Å². The number of carbonyl (C=O) groups is 2. The lowest BCUT2D eigenvalue weighted by molar-refractivity contribution is -0.137. The molecule has 122 valence electrons. The van der Waals surface area contributed by atoms with Crippen molar-refractivity contribution < 1.29 is 19.2 Å². The van der Waals surface area contributed by atoms with Crippen LogP contribution in [0, 0.1) is 0 Å². The molecule has 7 heteroatoms. The number of aliphatic carboxylic acids is 1. The van der Waals surface area contributed by atoms with Gasteiger partial charge < -0.3 is 14.9 Å². The highest BCUT2D eigenvalue weighted by Gasteiger charge is 2.28. The molecular formula is C15H23N3O4. The molecule has 1 aromatic heterocycles. The van der Waals surface area contributed by atoms with Crippen molar-refractivity contribution in [3.05, 3.63) is 11.7 Å². The molecule has 0 spiro atoms. The largest absolute Gasteiger partial charge is 0.481 e. The Morgan fingerprint density at radius 1 is 1.36 bits per heavy atom. The number of nitrogens with one attached hydrogen (secondary N) is 1. The molecule has 1 aliphatic carbocycles. The van der Waals surface area contributed by atoms with Crippen LogP contribution in [0.25, 0.3) is 0 Å². The summed E-state index contributed by atoms with van der Waals surface area (Å²) in [7, 11) is 0. The van der Waals surface area contributed by atoms with Crippen LogP contribution >= 0.6 is 0 Å². The van der Waals surface area contributed by atoms with Gasteiger partial charge in [0.25, 0.3) is 0 Å². The Bertz CT molecular complexity index is 535. The minimum atomic E-state index is -0.856. The van der Waals surface area contributed by atoms with Crippen molar-refractivity contribution in [2.45, 2.75) is 70.3 Å². The molecule has 1 heterocycles. The summed E-state index contributed by atoms with van der Waals surface area (Å²) in [5, 5.41) is 15.5. The maximum Gasteiger partial charge on any atom is 0.303 e. The number of rotatable bonds is 9. The van der Waals surface area contributed by atoms with Gasteiger partial charge in [0.05, 0.1) is 0 Å². The highest BCUT2D eigenvalue weighted by Crippen LogP contribution is 2.38. The van der Waals surface area contributed by atoms with E-state index in [0.717, 1.165) is 18.7 Å². The molecule has 1 amide bonds. The molecule has 0 saturated heterocycles. The first kappa shape index (κ1) is 16.5. The van der Waals surface area contributed by atoms with Crippen LogP contribution in [0.15, 0.2) is 4.52 Å². The van der Waals surface area contributed by atoms with Gasteiger partial charge in [0.1, 0.15) is 0 Å². The van der Waals surface area contributed by atoms with Gasteiger partial charge in [-0.05, 0) is 39.5 Å². The van der Waals surface area contributed by atoms with Crippen LogP contribution in [0.3, 0.4) is 0 Å². The van der Waals surface area contributed by atoms with E-state index in [1.54, 1.807) is 0 Å². The molecule has 0 bridgehead atoms. The van der Waals surface area contributed by atoms with Crippen molar-refractivity contribution in [1.82, 2.24) is 15.5 Å². The topological polar surface area (TPSA) is 105 Å². The average Bonchev–Trinajstić information content (AvgIpc) is 3.16. The minimum absolute atomic E-state index is 0.0409. The Morgan fingerprint density at radius 3 is 2.73 bits per heavy atom. The lowest BCUT2D eigenvalue weighted by atomic mass is 9.98. The number of hydrogen-bond donors (Lipinski definition) is 2. The number of amides is 1. The van der Waals surface area contributed by atoms with Crippen molar-refractivity contribution in [2.24, 2.45) is 0 Å². The fraction of sp³-hybridized carbons (Fsp3) is 0.733. The lowest BCUT2D eigenvalue weighted by Crippen LogP contribution is -2.43. The summed E-state index contributed by atoms with van der Waals surface area (Å²) in [5.74, 6) is 0.896. The first-order valence-electron chi connectivity index (χ1n) is 7.71. The Morgan fingerprint density at radius 2 is 2.09 bits per heavy atom. The van der Waals surface area contributed by atoms with Crippen LogP contribution in [0.4, 0.5) is 0 Å². The summed E-state index contributed by atoms with van der Waals surface area (Å²) in [6.45, 7) is 3.65. The van der Waals surface area contributed by atoms with E-state index in [1.165, 1.54) is 0 Å². The summed E-state index contributed by atoms with van der Waals surface area (Å²) in [6.07, 6.45) is 4.29. The normalized spacial score (nSPS) is 14.8. The van der Waals surface area contributed by atoms with Gasteiger partial charge in [0.15, 0.2) is 5.82 Å². The molecular weight excluding hydrogens is 286 g/mol. The fourth-order valence-corrected chi connectivity index (χ4v) is 2.20. The molecule has 2 N–H and O–H groups in total. The number of aromatic nitrogens is 2. The number of carbonyl (C=O) groups excluding carboxylic acids is 1. The summed E-state index contributed by atoms with van der Waals surface area (Å²) in [5.41, 5.74) is -0.515. The molecule has 0 aliphatic heterocycles. The lowest BCUT2D eigenvalue weighted by Gasteiger charge is -2.25. The quantitative estimate of drug-likeness (QED) is 0.723. The highest BCUT2D eigenvalue weighted by atomic mass is 16.5. The molecule has 0 atom stereocenters. The summed E-state index contributed by atoms with van der Waals surface area (Å²) < 4.78 is 5.16. The maximum absolute atomic E-state index is 11.9. The van der Waals surface area contributed by atoms with E-state index in [1.807, 2.05) is 13.8 Å². The van der Waals surface area contributed by atoms with E-state index >= 15 is 0 Å². The molecule has 22 heavy (non-hydrogen) atoms. The van der Waals surface area contributed by atoms with Crippen LogP contribution in [0.5, 0.6) is 0 Å². The van der Waals surface area contributed by atoms with Crippen molar-refractivity contribution in [3.8, 4) is 0 Å². The van der Waals surface area contributed by atoms with Crippen LogP contribution in [-0.2, 0) is 16.0 Å². The maximum atomic E-state index is 11.9. The average molecular weight is 309 g/mol. The van der Waals surface area contributed by atoms with Crippen LogP contribution in [0.1, 0.15) is 70.0 Å². The first-order chi connectivity index (χ1) is 10.4. The van der Waals surface area contributed by atoms with Crippen molar-refractivity contribution in [2.75, 3.05) is 0 Å². The third-order valence-corrected chi connectivity index (χ3v) is 3.66. The molecule has 0 aromatic carbocycles. The van der Waals surface area contributed by atoms with Crippen LogP contribution < -0.4 is 5.32 Å². The van der Waals surface area contributed by atoms with E-state index in [4.69, 9.17) is 9.63 Å². The second kappa shape index (κ2) is 6.89. The SMILES string of the molecule is CC(C)(CCC(=O)O)NC(=O)CCCc1nc(C2CC2)no1.